The zero-order valence-electron chi connectivity index (χ0n) is 12.7. The molecule has 6 heteroatoms. The first kappa shape index (κ1) is 16.9. The minimum Gasteiger partial charge on any atom is -0.504 e. The summed E-state index contributed by atoms with van der Waals surface area (Å²) < 4.78 is 10.1. The Labute approximate surface area is 134 Å². The summed E-state index contributed by atoms with van der Waals surface area (Å²) in [6.07, 6.45) is 2.70. The van der Waals surface area contributed by atoms with E-state index >= 15 is 0 Å². The van der Waals surface area contributed by atoms with Gasteiger partial charge in [0.15, 0.2) is 11.5 Å². The summed E-state index contributed by atoms with van der Waals surface area (Å²) in [6.45, 7) is 4.09. The Bertz CT molecular complexity index is 595. The summed E-state index contributed by atoms with van der Waals surface area (Å²) in [5.74, 6) is -1.72. The Kier molecular flexibility index (Phi) is 5.62. The van der Waals surface area contributed by atoms with Crippen LogP contribution in [0.5, 0.6) is 11.5 Å². The van der Waals surface area contributed by atoms with Crippen molar-refractivity contribution >= 4 is 11.9 Å². The molecule has 1 heterocycles. The largest absolute Gasteiger partial charge is 0.504 e. The first-order chi connectivity index (χ1) is 11.0. The molecule has 1 aromatic rings. The molecular formula is C17H20O6. The van der Waals surface area contributed by atoms with Gasteiger partial charge in [0.25, 0.3) is 0 Å². The van der Waals surface area contributed by atoms with Crippen LogP contribution in [0.4, 0.5) is 0 Å². The third-order valence-corrected chi connectivity index (χ3v) is 3.89. The molecule has 23 heavy (non-hydrogen) atoms. The molecule has 1 aliphatic heterocycles. The molecule has 1 fully saturated rings. The first-order valence-electron chi connectivity index (χ1n) is 7.47. The zero-order valence-corrected chi connectivity index (χ0v) is 12.7. The molecule has 0 saturated carbocycles. The summed E-state index contributed by atoms with van der Waals surface area (Å²) in [7, 11) is 0. The van der Waals surface area contributed by atoms with Crippen molar-refractivity contribution in [2.24, 2.45) is 11.8 Å². The van der Waals surface area contributed by atoms with Gasteiger partial charge in [-0.3, -0.25) is 9.59 Å². The van der Waals surface area contributed by atoms with Crippen molar-refractivity contribution in [3.63, 3.8) is 0 Å². The van der Waals surface area contributed by atoms with Crippen LogP contribution in [-0.4, -0.2) is 35.4 Å². The average Bonchev–Trinajstić information content (AvgIpc) is 2.51. The van der Waals surface area contributed by atoms with Crippen LogP contribution >= 0.6 is 0 Å². The smallest absolute Gasteiger partial charge is 0.313 e. The van der Waals surface area contributed by atoms with E-state index in [0.717, 1.165) is 5.56 Å². The van der Waals surface area contributed by atoms with E-state index < -0.39 is 5.92 Å². The van der Waals surface area contributed by atoms with Crippen LogP contribution in [0.25, 0.3) is 0 Å². The molecule has 0 radical (unpaired) electrons. The van der Waals surface area contributed by atoms with Gasteiger partial charge >= 0.3 is 11.9 Å². The molecule has 2 atom stereocenters. The summed E-state index contributed by atoms with van der Waals surface area (Å²) >= 11 is 0. The number of hydrogen-bond donors (Lipinski definition) is 2. The van der Waals surface area contributed by atoms with Gasteiger partial charge in [-0.1, -0.05) is 12.1 Å². The molecule has 1 aromatic carbocycles. The number of cyclic esters (lactones) is 1. The van der Waals surface area contributed by atoms with Crippen LogP contribution in [0.15, 0.2) is 30.9 Å². The molecule has 1 unspecified atom stereocenters. The molecule has 0 spiro atoms. The SMILES string of the molecule is C=CC1C(=O)OCC[C@H]1CC(=O)OCCc1ccc(O)c(O)c1. The minimum absolute atomic E-state index is 0.140. The Morgan fingerprint density at radius 1 is 1.39 bits per heavy atom. The van der Waals surface area contributed by atoms with E-state index in [1.54, 1.807) is 6.07 Å². The molecular weight excluding hydrogens is 300 g/mol. The molecule has 2 N–H and O–H groups in total. The van der Waals surface area contributed by atoms with Gasteiger partial charge in [0.1, 0.15) is 0 Å². The number of benzene rings is 1. The Balaban J connectivity index is 1.79. The lowest BCUT2D eigenvalue weighted by molar-refractivity contribution is -0.156. The molecule has 0 aliphatic carbocycles. The maximum Gasteiger partial charge on any atom is 0.313 e. The topological polar surface area (TPSA) is 93.1 Å². The summed E-state index contributed by atoms with van der Waals surface area (Å²) in [5.41, 5.74) is 0.748. The van der Waals surface area contributed by atoms with Gasteiger partial charge in [0, 0.05) is 12.8 Å². The first-order valence-corrected chi connectivity index (χ1v) is 7.47. The predicted octanol–water partition coefficient (Wildman–Crippen LogP) is 1.94. The van der Waals surface area contributed by atoms with Crippen LogP contribution in [0.1, 0.15) is 18.4 Å². The maximum absolute atomic E-state index is 11.9. The fourth-order valence-electron chi connectivity index (χ4n) is 2.58. The van der Waals surface area contributed by atoms with Gasteiger partial charge in [-0.25, -0.2) is 0 Å². The standard InChI is InChI=1S/C17H20O6/c1-2-13-12(6-8-23-17(13)21)10-16(20)22-7-5-11-3-4-14(18)15(19)9-11/h2-4,9,12-13,18-19H,1,5-8,10H2/t12-,13?/m0/s1. The van der Waals surface area contributed by atoms with E-state index in [-0.39, 0.29) is 42.4 Å². The van der Waals surface area contributed by atoms with E-state index in [1.165, 1.54) is 18.2 Å². The van der Waals surface area contributed by atoms with Gasteiger partial charge < -0.3 is 19.7 Å². The number of ether oxygens (including phenoxy) is 2. The number of esters is 2. The molecule has 0 aromatic heterocycles. The van der Waals surface area contributed by atoms with Crippen molar-refractivity contribution in [1.82, 2.24) is 0 Å². The van der Waals surface area contributed by atoms with Crippen LogP contribution < -0.4 is 0 Å². The molecule has 124 valence electrons. The van der Waals surface area contributed by atoms with Crippen molar-refractivity contribution in [3.8, 4) is 11.5 Å². The summed E-state index contributed by atoms with van der Waals surface area (Å²) in [5, 5.41) is 18.6. The molecule has 0 amide bonds. The number of rotatable bonds is 6. The normalized spacial score (nSPS) is 20.6. The highest BCUT2D eigenvalue weighted by Gasteiger charge is 2.33. The monoisotopic (exact) mass is 320 g/mol. The van der Waals surface area contributed by atoms with E-state index in [9.17, 15) is 19.8 Å². The number of phenols is 2. The molecule has 1 aliphatic rings. The molecule has 0 bridgehead atoms. The van der Waals surface area contributed by atoms with E-state index in [2.05, 4.69) is 6.58 Å². The second kappa shape index (κ2) is 7.67. The van der Waals surface area contributed by atoms with Gasteiger partial charge in [-0.2, -0.15) is 0 Å². The molecule has 1 saturated heterocycles. The number of carbonyl (C=O) groups is 2. The lowest BCUT2D eigenvalue weighted by Gasteiger charge is -2.27. The number of aromatic hydroxyl groups is 2. The Morgan fingerprint density at radius 2 is 2.17 bits per heavy atom. The highest BCUT2D eigenvalue weighted by molar-refractivity contribution is 5.77. The zero-order chi connectivity index (χ0) is 16.8. The fraction of sp³-hybridized carbons (Fsp3) is 0.412. The van der Waals surface area contributed by atoms with Crippen LogP contribution in [0.2, 0.25) is 0 Å². The van der Waals surface area contributed by atoms with Crippen LogP contribution in [0.3, 0.4) is 0 Å². The van der Waals surface area contributed by atoms with Crippen molar-refractivity contribution < 1.29 is 29.3 Å². The number of phenolic OH excluding ortho intramolecular Hbond substituents is 2. The third kappa shape index (κ3) is 4.48. The van der Waals surface area contributed by atoms with Gasteiger partial charge in [0.05, 0.1) is 19.1 Å². The quantitative estimate of drug-likeness (QED) is 0.473. The highest BCUT2D eigenvalue weighted by atomic mass is 16.5. The number of hydrogen-bond acceptors (Lipinski definition) is 6. The fourth-order valence-corrected chi connectivity index (χ4v) is 2.58. The lowest BCUT2D eigenvalue weighted by Crippen LogP contribution is -2.32. The highest BCUT2D eigenvalue weighted by Crippen LogP contribution is 2.27. The predicted molar refractivity (Wildman–Crippen MR) is 81.8 cm³/mol. The molecule has 6 nitrogen and oxygen atoms in total. The second-order valence-electron chi connectivity index (χ2n) is 5.48. The van der Waals surface area contributed by atoms with Crippen LogP contribution in [-0.2, 0) is 25.5 Å². The second-order valence-corrected chi connectivity index (χ2v) is 5.48. The average molecular weight is 320 g/mol. The van der Waals surface area contributed by atoms with Gasteiger partial charge in [-0.05, 0) is 30.0 Å². The molecule has 2 rings (SSSR count). The van der Waals surface area contributed by atoms with Gasteiger partial charge in [-0.15, -0.1) is 6.58 Å². The van der Waals surface area contributed by atoms with Gasteiger partial charge in [0.2, 0.25) is 0 Å². The van der Waals surface area contributed by atoms with Crippen molar-refractivity contribution in [2.45, 2.75) is 19.3 Å². The number of carbonyl (C=O) groups excluding carboxylic acids is 2. The van der Waals surface area contributed by atoms with E-state index in [0.29, 0.717) is 19.4 Å². The maximum atomic E-state index is 11.9. The Morgan fingerprint density at radius 3 is 2.87 bits per heavy atom. The van der Waals surface area contributed by atoms with Crippen molar-refractivity contribution in [2.75, 3.05) is 13.2 Å². The minimum atomic E-state index is -0.467. The third-order valence-electron chi connectivity index (χ3n) is 3.89. The Hall–Kier alpha value is -2.50. The van der Waals surface area contributed by atoms with Crippen molar-refractivity contribution in [1.29, 1.82) is 0 Å². The van der Waals surface area contributed by atoms with Crippen molar-refractivity contribution in [3.05, 3.63) is 36.4 Å². The lowest BCUT2D eigenvalue weighted by atomic mass is 9.85. The van der Waals surface area contributed by atoms with E-state index in [4.69, 9.17) is 9.47 Å². The van der Waals surface area contributed by atoms with Crippen LogP contribution in [0, 0.1) is 11.8 Å². The van der Waals surface area contributed by atoms with E-state index in [1.807, 2.05) is 0 Å². The summed E-state index contributed by atoms with van der Waals surface area (Å²) in [4.78, 5) is 23.5. The summed E-state index contributed by atoms with van der Waals surface area (Å²) in [6, 6.07) is 4.45.